The highest BCUT2D eigenvalue weighted by molar-refractivity contribution is 6.31. The summed E-state index contributed by atoms with van der Waals surface area (Å²) < 4.78 is 13.0. The van der Waals surface area contributed by atoms with Gasteiger partial charge in [0.1, 0.15) is 5.82 Å². The minimum atomic E-state index is -0.254. The fourth-order valence-corrected chi connectivity index (χ4v) is 2.87. The molecular weight excluding hydrogens is 225 g/mol. The van der Waals surface area contributed by atoms with Crippen LogP contribution >= 0.6 is 11.6 Å². The molecule has 0 aromatic heterocycles. The molecule has 0 amide bonds. The van der Waals surface area contributed by atoms with E-state index < -0.39 is 0 Å². The Hall–Kier alpha value is -0.600. The molecule has 1 nitrogen and oxygen atoms in total. The van der Waals surface area contributed by atoms with E-state index in [1.54, 1.807) is 0 Å². The normalized spacial score (nSPS) is 25.7. The molecule has 2 unspecified atom stereocenters. The van der Waals surface area contributed by atoms with Crippen molar-refractivity contribution in [2.24, 2.45) is 5.92 Å². The predicted molar refractivity (Wildman–Crippen MR) is 65.4 cm³/mol. The van der Waals surface area contributed by atoms with Crippen LogP contribution in [0.25, 0.3) is 0 Å². The highest BCUT2D eigenvalue weighted by Crippen LogP contribution is 2.36. The number of benzene rings is 1. The van der Waals surface area contributed by atoms with E-state index in [0.29, 0.717) is 16.9 Å². The first kappa shape index (κ1) is 11.9. The van der Waals surface area contributed by atoms with E-state index >= 15 is 0 Å². The molecule has 1 aliphatic rings. The van der Waals surface area contributed by atoms with E-state index in [-0.39, 0.29) is 5.82 Å². The number of nitrogens with one attached hydrogen (secondary N) is 1. The molecule has 16 heavy (non-hydrogen) atoms. The first-order chi connectivity index (χ1) is 7.72. The van der Waals surface area contributed by atoms with Crippen LogP contribution in [0, 0.1) is 11.7 Å². The Kier molecular flexibility index (Phi) is 3.82. The number of piperidine rings is 1. The molecule has 1 N–H and O–H groups in total. The fourth-order valence-electron chi connectivity index (χ4n) is 2.56. The molecule has 3 heteroatoms. The zero-order valence-corrected chi connectivity index (χ0v) is 10.2. The Bertz CT molecular complexity index is 367. The van der Waals surface area contributed by atoms with E-state index in [9.17, 15) is 4.39 Å². The number of hydrogen-bond acceptors (Lipinski definition) is 1. The van der Waals surface area contributed by atoms with Gasteiger partial charge in [-0.15, -0.1) is 0 Å². The lowest BCUT2D eigenvalue weighted by Crippen LogP contribution is -2.35. The zero-order chi connectivity index (χ0) is 11.5. The predicted octanol–water partition coefficient (Wildman–Crippen LogP) is 3.58. The van der Waals surface area contributed by atoms with Gasteiger partial charge in [0.2, 0.25) is 0 Å². The molecule has 1 saturated heterocycles. The summed E-state index contributed by atoms with van der Waals surface area (Å²) in [5.41, 5.74) is 1.11. The van der Waals surface area contributed by atoms with E-state index in [2.05, 4.69) is 12.2 Å². The quantitative estimate of drug-likeness (QED) is 0.835. The Morgan fingerprint density at radius 1 is 1.50 bits per heavy atom. The maximum absolute atomic E-state index is 13.0. The summed E-state index contributed by atoms with van der Waals surface area (Å²) in [6.45, 7) is 4.26. The van der Waals surface area contributed by atoms with Crippen molar-refractivity contribution in [3.05, 3.63) is 34.6 Å². The Labute approximate surface area is 101 Å². The van der Waals surface area contributed by atoms with Gasteiger partial charge in [0, 0.05) is 5.02 Å². The number of halogens is 2. The molecule has 0 radical (unpaired) electrons. The summed E-state index contributed by atoms with van der Waals surface area (Å²) in [7, 11) is 0. The van der Waals surface area contributed by atoms with E-state index in [0.717, 1.165) is 31.5 Å². The van der Waals surface area contributed by atoms with Crippen LogP contribution in [-0.4, -0.2) is 13.1 Å². The molecule has 0 spiro atoms. The number of rotatable bonds is 2. The van der Waals surface area contributed by atoms with Crippen LogP contribution in [0.3, 0.4) is 0 Å². The standard InChI is InChI=1S/C13H17ClFN/c1-2-9-8-16-6-5-11(9)12-4-3-10(15)7-13(12)14/h3-4,7,9,11,16H,2,5-6,8H2,1H3. The minimum Gasteiger partial charge on any atom is -0.316 e. The lowest BCUT2D eigenvalue weighted by atomic mass is 9.80. The van der Waals surface area contributed by atoms with Crippen molar-refractivity contribution in [2.75, 3.05) is 13.1 Å². The van der Waals surface area contributed by atoms with Crippen LogP contribution in [-0.2, 0) is 0 Å². The highest BCUT2D eigenvalue weighted by Gasteiger charge is 2.26. The van der Waals surface area contributed by atoms with Gasteiger partial charge in [0.05, 0.1) is 0 Å². The Morgan fingerprint density at radius 2 is 2.31 bits per heavy atom. The lowest BCUT2D eigenvalue weighted by molar-refractivity contribution is 0.318. The molecule has 0 aliphatic carbocycles. The van der Waals surface area contributed by atoms with Gasteiger partial charge < -0.3 is 5.32 Å². The summed E-state index contributed by atoms with van der Waals surface area (Å²) in [4.78, 5) is 0. The van der Waals surface area contributed by atoms with Crippen LogP contribution in [0.2, 0.25) is 5.02 Å². The maximum atomic E-state index is 13.0. The molecule has 1 aromatic carbocycles. The van der Waals surface area contributed by atoms with E-state index in [1.807, 2.05) is 6.07 Å². The molecule has 1 aliphatic heterocycles. The summed E-state index contributed by atoms with van der Waals surface area (Å²) >= 11 is 6.12. The van der Waals surface area contributed by atoms with Crippen molar-refractivity contribution < 1.29 is 4.39 Å². The third kappa shape index (κ3) is 2.38. The van der Waals surface area contributed by atoms with Crippen LogP contribution < -0.4 is 5.32 Å². The zero-order valence-electron chi connectivity index (χ0n) is 9.47. The summed E-state index contributed by atoms with van der Waals surface area (Å²) in [6, 6.07) is 4.78. The van der Waals surface area contributed by atoms with Crippen molar-refractivity contribution in [3.8, 4) is 0 Å². The molecular formula is C13H17ClFN. The second-order valence-electron chi connectivity index (χ2n) is 4.43. The van der Waals surface area contributed by atoms with Gasteiger partial charge in [-0.2, -0.15) is 0 Å². The Balaban J connectivity index is 2.27. The van der Waals surface area contributed by atoms with Gasteiger partial charge in [-0.25, -0.2) is 4.39 Å². The van der Waals surface area contributed by atoms with Gasteiger partial charge in [0.25, 0.3) is 0 Å². The fraction of sp³-hybridized carbons (Fsp3) is 0.538. The average Bonchev–Trinajstić information content (AvgIpc) is 2.29. The molecule has 2 rings (SSSR count). The third-order valence-corrected chi connectivity index (χ3v) is 3.82. The summed E-state index contributed by atoms with van der Waals surface area (Å²) in [5.74, 6) is 0.826. The van der Waals surface area contributed by atoms with Gasteiger partial charge >= 0.3 is 0 Å². The van der Waals surface area contributed by atoms with Crippen molar-refractivity contribution in [1.82, 2.24) is 5.32 Å². The lowest BCUT2D eigenvalue weighted by Gasteiger charge is -2.32. The molecule has 0 saturated carbocycles. The monoisotopic (exact) mass is 241 g/mol. The van der Waals surface area contributed by atoms with Crippen molar-refractivity contribution in [2.45, 2.75) is 25.7 Å². The van der Waals surface area contributed by atoms with Crippen LogP contribution in [0.1, 0.15) is 31.2 Å². The molecule has 1 heterocycles. The average molecular weight is 242 g/mol. The molecule has 0 bridgehead atoms. The smallest absolute Gasteiger partial charge is 0.124 e. The topological polar surface area (TPSA) is 12.0 Å². The summed E-state index contributed by atoms with van der Waals surface area (Å²) in [6.07, 6.45) is 2.22. The van der Waals surface area contributed by atoms with Crippen molar-refractivity contribution in [3.63, 3.8) is 0 Å². The van der Waals surface area contributed by atoms with Crippen molar-refractivity contribution >= 4 is 11.6 Å². The van der Waals surface area contributed by atoms with Gasteiger partial charge in [-0.1, -0.05) is 31.0 Å². The van der Waals surface area contributed by atoms with Crippen LogP contribution in [0.5, 0.6) is 0 Å². The second kappa shape index (κ2) is 5.15. The Morgan fingerprint density at radius 3 is 3.00 bits per heavy atom. The minimum absolute atomic E-state index is 0.254. The first-order valence-electron chi connectivity index (χ1n) is 5.88. The van der Waals surface area contributed by atoms with Gasteiger partial charge in [-0.3, -0.25) is 0 Å². The SMILES string of the molecule is CCC1CNCCC1c1ccc(F)cc1Cl. The molecule has 88 valence electrons. The summed E-state index contributed by atoms with van der Waals surface area (Å²) in [5, 5.41) is 3.97. The first-order valence-corrected chi connectivity index (χ1v) is 6.25. The largest absolute Gasteiger partial charge is 0.316 e. The van der Waals surface area contributed by atoms with Gasteiger partial charge in [0.15, 0.2) is 0 Å². The number of hydrogen-bond donors (Lipinski definition) is 1. The van der Waals surface area contributed by atoms with Crippen LogP contribution in [0.15, 0.2) is 18.2 Å². The third-order valence-electron chi connectivity index (χ3n) is 3.49. The van der Waals surface area contributed by atoms with E-state index in [1.165, 1.54) is 12.1 Å². The molecule has 1 fully saturated rings. The van der Waals surface area contributed by atoms with Crippen LogP contribution in [0.4, 0.5) is 4.39 Å². The van der Waals surface area contributed by atoms with E-state index in [4.69, 9.17) is 11.6 Å². The second-order valence-corrected chi connectivity index (χ2v) is 4.84. The molecule has 1 aromatic rings. The van der Waals surface area contributed by atoms with Crippen molar-refractivity contribution in [1.29, 1.82) is 0 Å². The maximum Gasteiger partial charge on any atom is 0.124 e. The van der Waals surface area contributed by atoms with Gasteiger partial charge in [-0.05, 0) is 49.0 Å². The molecule has 2 atom stereocenters. The highest BCUT2D eigenvalue weighted by atomic mass is 35.5.